The van der Waals surface area contributed by atoms with Crippen LogP contribution in [0.3, 0.4) is 0 Å². The van der Waals surface area contributed by atoms with Crippen molar-refractivity contribution in [2.45, 2.75) is 26.2 Å². The van der Waals surface area contributed by atoms with Crippen LogP contribution in [0.2, 0.25) is 0 Å². The van der Waals surface area contributed by atoms with E-state index in [4.69, 9.17) is 10.5 Å². The second kappa shape index (κ2) is 6.27. The van der Waals surface area contributed by atoms with Crippen molar-refractivity contribution in [3.8, 4) is 0 Å². The Morgan fingerprint density at radius 3 is 3.00 bits per heavy atom. The topological polar surface area (TPSA) is 93.4 Å². The Kier molecular flexibility index (Phi) is 4.45. The van der Waals surface area contributed by atoms with Crippen molar-refractivity contribution in [2.75, 3.05) is 29.5 Å². The van der Waals surface area contributed by atoms with Crippen molar-refractivity contribution in [3.63, 3.8) is 0 Å². The Labute approximate surface area is 117 Å². The van der Waals surface area contributed by atoms with Crippen LogP contribution in [0, 0.1) is 0 Å². The number of ether oxygens (including phenoxy) is 1. The van der Waals surface area contributed by atoms with Crippen LogP contribution in [0.15, 0.2) is 12.1 Å². The van der Waals surface area contributed by atoms with Crippen LogP contribution in [0.1, 0.15) is 25.3 Å². The van der Waals surface area contributed by atoms with Crippen LogP contribution in [-0.2, 0) is 20.7 Å². The lowest BCUT2D eigenvalue weighted by Gasteiger charge is -2.19. The number of hydrogen-bond acceptors (Lipinski definition) is 5. The van der Waals surface area contributed by atoms with Crippen LogP contribution < -0.4 is 16.4 Å². The number of benzene rings is 1. The summed E-state index contributed by atoms with van der Waals surface area (Å²) in [6.45, 7) is 2.63. The second-order valence-corrected chi connectivity index (χ2v) is 4.63. The second-order valence-electron chi connectivity index (χ2n) is 4.63. The monoisotopic (exact) mass is 277 g/mol. The molecule has 2 rings (SSSR count). The van der Waals surface area contributed by atoms with E-state index in [2.05, 4.69) is 10.6 Å². The maximum Gasteiger partial charge on any atom is 0.307 e. The van der Waals surface area contributed by atoms with Gasteiger partial charge in [0.15, 0.2) is 0 Å². The first-order valence-corrected chi connectivity index (χ1v) is 6.72. The van der Waals surface area contributed by atoms with E-state index < -0.39 is 0 Å². The predicted octanol–water partition coefficient (Wildman–Crippen LogP) is 1.52. The number of nitrogens with one attached hydrogen (secondary N) is 2. The minimum Gasteiger partial charge on any atom is -0.466 e. The molecule has 4 N–H and O–H groups in total. The van der Waals surface area contributed by atoms with Gasteiger partial charge < -0.3 is 21.1 Å². The number of fused-ring (bicyclic) bond motifs is 1. The third-order valence-corrected chi connectivity index (χ3v) is 3.12. The fourth-order valence-electron chi connectivity index (χ4n) is 2.13. The maximum atomic E-state index is 11.3. The number of nitrogen functional groups attached to an aromatic ring is 1. The largest absolute Gasteiger partial charge is 0.466 e. The fraction of sp³-hybridized carbons (Fsp3) is 0.429. The van der Waals surface area contributed by atoms with E-state index in [1.165, 1.54) is 0 Å². The molecule has 0 spiro atoms. The Hall–Kier alpha value is -2.24. The third kappa shape index (κ3) is 3.40. The van der Waals surface area contributed by atoms with Gasteiger partial charge in [0.2, 0.25) is 5.91 Å². The summed E-state index contributed by atoms with van der Waals surface area (Å²) in [5.41, 5.74) is 9.09. The van der Waals surface area contributed by atoms with Gasteiger partial charge in [-0.25, -0.2) is 0 Å². The van der Waals surface area contributed by atoms with Crippen molar-refractivity contribution >= 4 is 28.9 Å². The Bertz CT molecular complexity index is 529. The van der Waals surface area contributed by atoms with Gasteiger partial charge in [-0.15, -0.1) is 0 Å². The fourth-order valence-corrected chi connectivity index (χ4v) is 2.13. The molecule has 0 fully saturated rings. The summed E-state index contributed by atoms with van der Waals surface area (Å²) < 4.78 is 4.85. The number of anilines is 3. The molecule has 108 valence electrons. The van der Waals surface area contributed by atoms with E-state index in [0.29, 0.717) is 38.1 Å². The molecule has 0 saturated heterocycles. The molecule has 1 aromatic carbocycles. The van der Waals surface area contributed by atoms with Gasteiger partial charge in [-0.2, -0.15) is 0 Å². The quantitative estimate of drug-likeness (QED) is 0.560. The lowest BCUT2D eigenvalue weighted by molar-refractivity contribution is -0.142. The van der Waals surface area contributed by atoms with E-state index in [-0.39, 0.29) is 11.9 Å². The number of esters is 1. The highest BCUT2D eigenvalue weighted by molar-refractivity contribution is 5.95. The van der Waals surface area contributed by atoms with Gasteiger partial charge in [-0.05, 0) is 31.0 Å². The number of aryl methyl sites for hydroxylation is 1. The lowest BCUT2D eigenvalue weighted by atomic mass is 10.0. The van der Waals surface area contributed by atoms with Gasteiger partial charge in [0, 0.05) is 18.7 Å². The molecule has 1 aliphatic heterocycles. The molecular weight excluding hydrogens is 258 g/mol. The molecule has 0 unspecified atom stereocenters. The standard InChI is InChI=1S/C14H19N3O3/c1-2-20-14(19)5-6-16-12-7-9-3-4-13(18)17-11(9)8-10(12)15/h7-8,16H,2-6,15H2,1H3,(H,17,18). The van der Waals surface area contributed by atoms with Gasteiger partial charge in [-0.3, -0.25) is 9.59 Å². The highest BCUT2D eigenvalue weighted by Gasteiger charge is 2.16. The van der Waals surface area contributed by atoms with Crippen molar-refractivity contribution in [1.82, 2.24) is 0 Å². The molecule has 6 heteroatoms. The minimum absolute atomic E-state index is 0.0138. The number of amides is 1. The van der Waals surface area contributed by atoms with Gasteiger partial charge in [0.05, 0.1) is 24.4 Å². The molecule has 6 nitrogen and oxygen atoms in total. The lowest BCUT2D eigenvalue weighted by Crippen LogP contribution is -2.20. The molecule has 1 amide bonds. The summed E-state index contributed by atoms with van der Waals surface area (Å²) in [7, 11) is 0. The molecule has 1 aliphatic rings. The average molecular weight is 277 g/mol. The van der Waals surface area contributed by atoms with Gasteiger partial charge >= 0.3 is 5.97 Å². The van der Waals surface area contributed by atoms with Crippen LogP contribution in [0.4, 0.5) is 17.1 Å². The zero-order valence-corrected chi connectivity index (χ0v) is 11.5. The van der Waals surface area contributed by atoms with Crippen LogP contribution in [-0.4, -0.2) is 25.0 Å². The summed E-state index contributed by atoms with van der Waals surface area (Å²) in [5.74, 6) is -0.219. The Balaban J connectivity index is 1.99. The summed E-state index contributed by atoms with van der Waals surface area (Å²) in [6, 6.07) is 3.67. The highest BCUT2D eigenvalue weighted by atomic mass is 16.5. The van der Waals surface area contributed by atoms with Gasteiger partial charge in [-0.1, -0.05) is 0 Å². The first kappa shape index (κ1) is 14.2. The van der Waals surface area contributed by atoms with E-state index in [1.54, 1.807) is 13.0 Å². The van der Waals surface area contributed by atoms with Crippen molar-refractivity contribution in [1.29, 1.82) is 0 Å². The van der Waals surface area contributed by atoms with Gasteiger partial charge in [0.25, 0.3) is 0 Å². The van der Waals surface area contributed by atoms with E-state index in [9.17, 15) is 9.59 Å². The Morgan fingerprint density at radius 1 is 1.45 bits per heavy atom. The summed E-state index contributed by atoms with van der Waals surface area (Å²) in [4.78, 5) is 22.6. The van der Waals surface area contributed by atoms with Gasteiger partial charge in [0.1, 0.15) is 0 Å². The number of carbonyl (C=O) groups is 2. The molecule has 0 aromatic heterocycles. The third-order valence-electron chi connectivity index (χ3n) is 3.12. The molecule has 0 radical (unpaired) electrons. The molecule has 1 heterocycles. The molecular formula is C14H19N3O3. The van der Waals surface area contributed by atoms with Crippen molar-refractivity contribution < 1.29 is 14.3 Å². The molecule has 0 atom stereocenters. The molecule has 20 heavy (non-hydrogen) atoms. The number of rotatable bonds is 5. The number of hydrogen-bond donors (Lipinski definition) is 3. The van der Waals surface area contributed by atoms with Crippen molar-refractivity contribution in [3.05, 3.63) is 17.7 Å². The smallest absolute Gasteiger partial charge is 0.307 e. The van der Waals surface area contributed by atoms with E-state index in [1.807, 2.05) is 6.07 Å². The van der Waals surface area contributed by atoms with E-state index >= 15 is 0 Å². The predicted molar refractivity (Wildman–Crippen MR) is 77.5 cm³/mol. The summed E-state index contributed by atoms with van der Waals surface area (Å²) in [6.07, 6.45) is 1.48. The minimum atomic E-state index is -0.233. The van der Waals surface area contributed by atoms with Crippen LogP contribution in [0.5, 0.6) is 0 Å². The first-order chi connectivity index (χ1) is 9.60. The zero-order valence-electron chi connectivity index (χ0n) is 11.5. The number of carbonyl (C=O) groups excluding carboxylic acids is 2. The number of nitrogens with two attached hydrogens (primary N) is 1. The molecule has 0 aliphatic carbocycles. The summed E-state index contributed by atoms with van der Waals surface area (Å²) in [5, 5.41) is 5.92. The normalized spacial score (nSPS) is 13.3. The zero-order chi connectivity index (χ0) is 14.5. The summed E-state index contributed by atoms with van der Waals surface area (Å²) >= 11 is 0. The molecule has 1 aromatic rings. The van der Waals surface area contributed by atoms with Crippen molar-refractivity contribution in [2.24, 2.45) is 0 Å². The SMILES string of the molecule is CCOC(=O)CCNc1cc2c(cc1N)NC(=O)CC2. The average Bonchev–Trinajstić information content (AvgIpc) is 2.40. The maximum absolute atomic E-state index is 11.3. The highest BCUT2D eigenvalue weighted by Crippen LogP contribution is 2.30. The van der Waals surface area contributed by atoms with Crippen LogP contribution >= 0.6 is 0 Å². The first-order valence-electron chi connectivity index (χ1n) is 6.72. The Morgan fingerprint density at radius 2 is 2.25 bits per heavy atom. The molecule has 0 bridgehead atoms. The van der Waals surface area contributed by atoms with E-state index in [0.717, 1.165) is 16.9 Å². The van der Waals surface area contributed by atoms with Crippen LogP contribution in [0.25, 0.3) is 0 Å². The molecule has 0 saturated carbocycles.